The van der Waals surface area contributed by atoms with Crippen molar-refractivity contribution in [3.05, 3.63) is 54.9 Å². The molecule has 7 heteroatoms. The van der Waals surface area contributed by atoms with Gasteiger partial charge >= 0.3 is 0 Å². The van der Waals surface area contributed by atoms with E-state index in [9.17, 15) is 0 Å². The van der Waals surface area contributed by atoms with Crippen LogP contribution in [0.2, 0.25) is 0 Å². The Morgan fingerprint density at radius 3 is 2.80 bits per heavy atom. The first-order valence-electron chi connectivity index (χ1n) is 7.61. The smallest absolute Gasteiger partial charge is 0.189 e. The monoisotopic (exact) mass is 349 g/mol. The largest absolute Gasteiger partial charge is 0.495 e. The topological polar surface area (TPSA) is 86.0 Å². The number of nitrogen functional groups attached to an aromatic ring is 1. The quantitative estimate of drug-likeness (QED) is 0.577. The Morgan fingerprint density at radius 2 is 1.96 bits per heavy atom. The van der Waals surface area contributed by atoms with E-state index in [2.05, 4.69) is 26.3 Å². The number of hydrogen-bond donors (Lipinski definition) is 2. The van der Waals surface area contributed by atoms with Gasteiger partial charge in [0.05, 0.1) is 23.5 Å². The van der Waals surface area contributed by atoms with E-state index in [0.29, 0.717) is 11.6 Å². The van der Waals surface area contributed by atoms with E-state index < -0.39 is 0 Å². The normalized spacial score (nSPS) is 10.8. The van der Waals surface area contributed by atoms with Crippen molar-refractivity contribution in [3.63, 3.8) is 0 Å². The SMILES string of the molecule is COc1cncc(-c2ccc3nc(Nc4cccc(N)n4)sc3c2)c1. The van der Waals surface area contributed by atoms with Crippen molar-refractivity contribution in [2.24, 2.45) is 0 Å². The summed E-state index contributed by atoms with van der Waals surface area (Å²) in [6.45, 7) is 0. The van der Waals surface area contributed by atoms with Crippen LogP contribution in [0.4, 0.5) is 16.8 Å². The van der Waals surface area contributed by atoms with Gasteiger partial charge in [-0.2, -0.15) is 0 Å². The van der Waals surface area contributed by atoms with E-state index in [-0.39, 0.29) is 0 Å². The van der Waals surface area contributed by atoms with Gasteiger partial charge in [0.25, 0.3) is 0 Å². The van der Waals surface area contributed by atoms with Gasteiger partial charge in [0.2, 0.25) is 0 Å². The second-order valence-corrected chi connectivity index (χ2v) is 6.42. The first-order chi connectivity index (χ1) is 12.2. The number of hydrogen-bond acceptors (Lipinski definition) is 7. The van der Waals surface area contributed by atoms with E-state index >= 15 is 0 Å². The Kier molecular flexibility index (Phi) is 3.91. The van der Waals surface area contributed by atoms with Crippen LogP contribution < -0.4 is 15.8 Å². The Labute approximate surface area is 148 Å². The molecule has 0 radical (unpaired) electrons. The van der Waals surface area contributed by atoms with Gasteiger partial charge < -0.3 is 15.8 Å². The van der Waals surface area contributed by atoms with Crippen molar-refractivity contribution < 1.29 is 4.74 Å². The van der Waals surface area contributed by atoms with Gasteiger partial charge in [0.1, 0.15) is 17.4 Å². The fourth-order valence-electron chi connectivity index (χ4n) is 2.48. The third kappa shape index (κ3) is 3.22. The number of anilines is 3. The van der Waals surface area contributed by atoms with Crippen LogP contribution in [0.3, 0.4) is 0 Å². The zero-order valence-corrected chi connectivity index (χ0v) is 14.2. The zero-order valence-electron chi connectivity index (χ0n) is 13.4. The van der Waals surface area contributed by atoms with Crippen molar-refractivity contribution >= 4 is 38.3 Å². The van der Waals surface area contributed by atoms with Gasteiger partial charge in [-0.05, 0) is 35.9 Å². The average molecular weight is 349 g/mol. The third-order valence-electron chi connectivity index (χ3n) is 3.68. The molecule has 0 aliphatic rings. The second-order valence-electron chi connectivity index (χ2n) is 5.39. The Bertz CT molecular complexity index is 1050. The number of benzene rings is 1. The highest BCUT2D eigenvalue weighted by atomic mass is 32.1. The summed E-state index contributed by atoms with van der Waals surface area (Å²) >= 11 is 1.56. The number of ether oxygens (including phenoxy) is 1. The van der Waals surface area contributed by atoms with Gasteiger partial charge in [-0.15, -0.1) is 0 Å². The number of methoxy groups -OCH3 is 1. The molecule has 3 N–H and O–H groups in total. The number of nitrogens with two attached hydrogens (primary N) is 1. The van der Waals surface area contributed by atoms with Gasteiger partial charge in [0.15, 0.2) is 5.13 Å². The highest BCUT2D eigenvalue weighted by Gasteiger charge is 2.08. The van der Waals surface area contributed by atoms with Crippen LogP contribution in [0.5, 0.6) is 5.75 Å². The minimum atomic E-state index is 0.471. The molecule has 0 unspecified atom stereocenters. The van der Waals surface area contributed by atoms with Crippen LogP contribution in [-0.2, 0) is 0 Å². The lowest BCUT2D eigenvalue weighted by Gasteiger charge is -2.03. The van der Waals surface area contributed by atoms with Gasteiger partial charge in [-0.3, -0.25) is 4.98 Å². The molecule has 0 amide bonds. The van der Waals surface area contributed by atoms with Crippen molar-refractivity contribution in [1.29, 1.82) is 0 Å². The molecule has 4 rings (SSSR count). The molecule has 3 aromatic heterocycles. The molecular formula is C18H15N5OS. The van der Waals surface area contributed by atoms with E-state index in [1.807, 2.05) is 36.5 Å². The van der Waals surface area contributed by atoms with E-state index in [1.165, 1.54) is 0 Å². The van der Waals surface area contributed by atoms with E-state index in [0.717, 1.165) is 32.2 Å². The first-order valence-corrected chi connectivity index (χ1v) is 8.42. The molecule has 25 heavy (non-hydrogen) atoms. The summed E-state index contributed by atoms with van der Waals surface area (Å²) in [5, 5.41) is 3.97. The minimum Gasteiger partial charge on any atom is -0.495 e. The van der Waals surface area contributed by atoms with Crippen LogP contribution in [0.15, 0.2) is 54.9 Å². The lowest BCUT2D eigenvalue weighted by Crippen LogP contribution is -1.95. The molecule has 0 aliphatic carbocycles. The van der Waals surface area contributed by atoms with E-state index in [4.69, 9.17) is 10.5 Å². The summed E-state index contributed by atoms with van der Waals surface area (Å²) in [6.07, 6.45) is 3.51. The van der Waals surface area contributed by atoms with E-state index in [1.54, 1.807) is 30.7 Å². The highest BCUT2D eigenvalue weighted by Crippen LogP contribution is 2.32. The maximum Gasteiger partial charge on any atom is 0.189 e. The predicted octanol–water partition coefficient (Wildman–Crippen LogP) is 4.09. The van der Waals surface area contributed by atoms with Crippen LogP contribution >= 0.6 is 11.3 Å². The lowest BCUT2D eigenvalue weighted by molar-refractivity contribution is 0.413. The summed E-state index contributed by atoms with van der Waals surface area (Å²) in [5.41, 5.74) is 8.71. The molecule has 0 atom stereocenters. The molecule has 6 nitrogen and oxygen atoms in total. The molecule has 1 aromatic carbocycles. The maximum absolute atomic E-state index is 5.71. The van der Waals surface area contributed by atoms with Crippen molar-refractivity contribution in [3.8, 4) is 16.9 Å². The molecular weight excluding hydrogens is 334 g/mol. The van der Waals surface area contributed by atoms with Crippen molar-refractivity contribution in [1.82, 2.24) is 15.0 Å². The summed E-state index contributed by atoms with van der Waals surface area (Å²) in [5.74, 6) is 1.88. The molecule has 0 spiro atoms. The second kappa shape index (κ2) is 6.37. The Morgan fingerprint density at radius 1 is 1.04 bits per heavy atom. The Balaban J connectivity index is 1.67. The zero-order chi connectivity index (χ0) is 17.2. The fraction of sp³-hybridized carbons (Fsp3) is 0.0556. The van der Waals surface area contributed by atoms with Crippen molar-refractivity contribution in [2.75, 3.05) is 18.2 Å². The summed E-state index contributed by atoms with van der Waals surface area (Å²) in [6, 6.07) is 13.5. The molecule has 0 aliphatic heterocycles. The third-order valence-corrected chi connectivity index (χ3v) is 4.61. The van der Waals surface area contributed by atoms with Crippen LogP contribution in [-0.4, -0.2) is 22.1 Å². The molecule has 0 saturated heterocycles. The Hall–Kier alpha value is -3.19. The van der Waals surface area contributed by atoms with Crippen molar-refractivity contribution in [2.45, 2.75) is 0 Å². The maximum atomic E-state index is 5.71. The molecule has 124 valence electrons. The van der Waals surface area contributed by atoms with Crippen LogP contribution in [0, 0.1) is 0 Å². The molecule has 4 aromatic rings. The number of nitrogens with zero attached hydrogens (tertiary/aromatic N) is 3. The van der Waals surface area contributed by atoms with Crippen LogP contribution in [0.25, 0.3) is 21.3 Å². The number of aromatic nitrogens is 3. The summed E-state index contributed by atoms with van der Waals surface area (Å²) < 4.78 is 6.32. The molecule has 0 saturated carbocycles. The highest BCUT2D eigenvalue weighted by molar-refractivity contribution is 7.22. The molecule has 3 heterocycles. The van der Waals surface area contributed by atoms with Gasteiger partial charge in [-0.1, -0.05) is 23.5 Å². The lowest BCUT2D eigenvalue weighted by atomic mass is 10.1. The number of thiazole rings is 1. The van der Waals surface area contributed by atoms with Gasteiger partial charge in [0, 0.05) is 11.8 Å². The predicted molar refractivity (Wildman–Crippen MR) is 101 cm³/mol. The molecule has 0 fully saturated rings. The van der Waals surface area contributed by atoms with Crippen LogP contribution in [0.1, 0.15) is 0 Å². The first kappa shape index (κ1) is 15.3. The number of fused-ring (bicyclic) bond motifs is 1. The number of pyridine rings is 2. The number of rotatable bonds is 4. The van der Waals surface area contributed by atoms with Gasteiger partial charge in [-0.25, -0.2) is 9.97 Å². The minimum absolute atomic E-state index is 0.471. The number of nitrogens with one attached hydrogen (secondary N) is 1. The average Bonchev–Trinajstić information content (AvgIpc) is 3.03. The molecule has 0 bridgehead atoms. The summed E-state index contributed by atoms with van der Waals surface area (Å²) in [4.78, 5) is 13.0. The standard InChI is InChI=1S/C18H15N5OS/c1-24-13-7-12(9-20-10-13)11-5-6-14-15(8-11)25-18(21-14)23-17-4-2-3-16(19)22-17/h2-10H,1H3,(H3,19,21,22,23). The fourth-order valence-corrected chi connectivity index (χ4v) is 3.39. The summed E-state index contributed by atoms with van der Waals surface area (Å²) in [7, 11) is 1.63.